The zero-order chi connectivity index (χ0) is 12.8. The Balaban J connectivity index is 3.05. The maximum absolute atomic E-state index is 11.9. The van der Waals surface area contributed by atoms with Gasteiger partial charge in [0.15, 0.2) is 5.78 Å². The van der Waals surface area contributed by atoms with Crippen LogP contribution in [0.25, 0.3) is 0 Å². The number of esters is 1. The SMILES string of the molecule is COC(=O)c1cc(Cl)ccc1C(=O)CCCBr. The zero-order valence-corrected chi connectivity index (χ0v) is 11.7. The average molecular weight is 320 g/mol. The maximum atomic E-state index is 11.9. The number of ketones is 1. The normalized spacial score (nSPS) is 10.1. The van der Waals surface area contributed by atoms with Crippen molar-refractivity contribution in [2.75, 3.05) is 12.4 Å². The van der Waals surface area contributed by atoms with Gasteiger partial charge in [0.25, 0.3) is 0 Å². The van der Waals surface area contributed by atoms with Crippen LogP contribution in [0.5, 0.6) is 0 Å². The van der Waals surface area contributed by atoms with E-state index in [2.05, 4.69) is 20.7 Å². The Labute approximate surface area is 113 Å². The molecule has 0 atom stereocenters. The minimum absolute atomic E-state index is 0.0819. The highest BCUT2D eigenvalue weighted by Crippen LogP contribution is 2.19. The van der Waals surface area contributed by atoms with Gasteiger partial charge in [-0.15, -0.1) is 0 Å². The van der Waals surface area contributed by atoms with Crippen molar-refractivity contribution in [2.45, 2.75) is 12.8 Å². The van der Waals surface area contributed by atoms with Crippen molar-refractivity contribution in [3.8, 4) is 0 Å². The molecular weight excluding hydrogens is 307 g/mol. The minimum Gasteiger partial charge on any atom is -0.465 e. The first-order chi connectivity index (χ1) is 8.10. The number of halogens is 2. The second-order valence-corrected chi connectivity index (χ2v) is 4.63. The van der Waals surface area contributed by atoms with Crippen LogP contribution in [-0.2, 0) is 4.74 Å². The molecule has 0 N–H and O–H groups in total. The third-order valence-corrected chi connectivity index (χ3v) is 3.02. The number of ether oxygens (including phenoxy) is 1. The zero-order valence-electron chi connectivity index (χ0n) is 9.33. The Morgan fingerprint density at radius 2 is 2.06 bits per heavy atom. The van der Waals surface area contributed by atoms with Crippen LogP contribution in [0.4, 0.5) is 0 Å². The van der Waals surface area contributed by atoms with Crippen LogP contribution in [0.15, 0.2) is 18.2 Å². The molecule has 92 valence electrons. The Morgan fingerprint density at radius 1 is 1.35 bits per heavy atom. The predicted molar refractivity (Wildman–Crippen MR) is 70.2 cm³/mol. The van der Waals surface area contributed by atoms with Crippen LogP contribution in [0.3, 0.4) is 0 Å². The van der Waals surface area contributed by atoms with E-state index in [1.165, 1.54) is 13.2 Å². The standard InChI is InChI=1S/C12H12BrClO3/c1-17-12(16)10-7-8(14)4-5-9(10)11(15)3-2-6-13/h4-5,7H,2-3,6H2,1H3. The molecule has 0 amide bonds. The van der Waals surface area contributed by atoms with Crippen LogP contribution < -0.4 is 0 Å². The molecule has 1 aromatic rings. The number of benzene rings is 1. The van der Waals surface area contributed by atoms with E-state index in [9.17, 15) is 9.59 Å². The summed E-state index contributed by atoms with van der Waals surface area (Å²) in [4.78, 5) is 23.4. The van der Waals surface area contributed by atoms with Gasteiger partial charge < -0.3 is 4.74 Å². The summed E-state index contributed by atoms with van der Waals surface area (Å²) >= 11 is 9.06. The fourth-order valence-corrected chi connectivity index (χ4v) is 1.85. The number of alkyl halides is 1. The van der Waals surface area contributed by atoms with E-state index in [4.69, 9.17) is 11.6 Å². The molecule has 0 bridgehead atoms. The number of carbonyl (C=O) groups is 2. The van der Waals surface area contributed by atoms with Crippen molar-refractivity contribution in [3.63, 3.8) is 0 Å². The fraction of sp³-hybridized carbons (Fsp3) is 0.333. The quantitative estimate of drug-likeness (QED) is 0.474. The van der Waals surface area contributed by atoms with E-state index in [-0.39, 0.29) is 11.3 Å². The van der Waals surface area contributed by atoms with E-state index >= 15 is 0 Å². The van der Waals surface area contributed by atoms with Gasteiger partial charge in [-0.25, -0.2) is 4.79 Å². The van der Waals surface area contributed by atoms with Crippen molar-refractivity contribution in [1.82, 2.24) is 0 Å². The van der Waals surface area contributed by atoms with Crippen molar-refractivity contribution in [1.29, 1.82) is 0 Å². The highest BCUT2D eigenvalue weighted by atomic mass is 79.9. The molecule has 0 aromatic heterocycles. The van der Waals surface area contributed by atoms with Gasteiger partial charge in [-0.1, -0.05) is 27.5 Å². The van der Waals surface area contributed by atoms with Gasteiger partial charge in [-0.05, 0) is 24.6 Å². The fourth-order valence-electron chi connectivity index (χ4n) is 1.40. The number of Topliss-reactive ketones (excluding diaryl/α,β-unsaturated/α-hetero) is 1. The molecule has 5 heteroatoms. The summed E-state index contributed by atoms with van der Waals surface area (Å²) in [6, 6.07) is 4.61. The van der Waals surface area contributed by atoms with E-state index in [1.54, 1.807) is 12.1 Å². The summed E-state index contributed by atoms with van der Waals surface area (Å²) in [6.45, 7) is 0. The van der Waals surface area contributed by atoms with E-state index < -0.39 is 5.97 Å². The molecule has 17 heavy (non-hydrogen) atoms. The van der Waals surface area contributed by atoms with Gasteiger partial charge >= 0.3 is 5.97 Å². The molecule has 0 aliphatic heterocycles. The smallest absolute Gasteiger partial charge is 0.338 e. The van der Waals surface area contributed by atoms with Crippen molar-refractivity contribution in [2.24, 2.45) is 0 Å². The van der Waals surface area contributed by atoms with Gasteiger partial charge in [-0.3, -0.25) is 4.79 Å². The molecule has 0 radical (unpaired) electrons. The van der Waals surface area contributed by atoms with E-state index in [0.717, 1.165) is 11.8 Å². The maximum Gasteiger partial charge on any atom is 0.338 e. The van der Waals surface area contributed by atoms with E-state index in [1.807, 2.05) is 0 Å². The average Bonchev–Trinajstić information content (AvgIpc) is 2.34. The molecule has 1 aromatic carbocycles. The van der Waals surface area contributed by atoms with Crippen LogP contribution in [0, 0.1) is 0 Å². The summed E-state index contributed by atoms with van der Waals surface area (Å²) in [7, 11) is 1.27. The predicted octanol–water partition coefficient (Wildman–Crippen LogP) is 3.48. The number of carbonyl (C=O) groups excluding carboxylic acids is 2. The lowest BCUT2D eigenvalue weighted by molar-refractivity contribution is 0.0597. The largest absolute Gasteiger partial charge is 0.465 e. The lowest BCUT2D eigenvalue weighted by Crippen LogP contribution is -2.10. The van der Waals surface area contributed by atoms with Crippen LogP contribution in [-0.4, -0.2) is 24.2 Å². The van der Waals surface area contributed by atoms with Crippen molar-refractivity contribution >= 4 is 39.3 Å². The third-order valence-electron chi connectivity index (χ3n) is 2.22. The number of rotatable bonds is 5. The first-order valence-electron chi connectivity index (χ1n) is 5.07. The number of hydrogen-bond acceptors (Lipinski definition) is 3. The summed E-state index contributed by atoms with van der Waals surface area (Å²) in [6.07, 6.45) is 1.11. The van der Waals surface area contributed by atoms with Gasteiger partial charge in [0.1, 0.15) is 0 Å². The molecule has 0 unspecified atom stereocenters. The Kier molecular flexibility index (Phi) is 5.65. The molecule has 0 heterocycles. The lowest BCUT2D eigenvalue weighted by Gasteiger charge is -2.07. The molecule has 3 nitrogen and oxygen atoms in total. The Morgan fingerprint density at radius 3 is 2.65 bits per heavy atom. The highest BCUT2D eigenvalue weighted by Gasteiger charge is 2.17. The Bertz CT molecular complexity index is 432. The van der Waals surface area contributed by atoms with Gasteiger partial charge in [0.05, 0.1) is 12.7 Å². The number of methoxy groups -OCH3 is 1. The first kappa shape index (κ1) is 14.2. The Hall–Kier alpha value is -0.870. The van der Waals surface area contributed by atoms with Crippen molar-refractivity contribution < 1.29 is 14.3 Å². The highest BCUT2D eigenvalue weighted by molar-refractivity contribution is 9.09. The van der Waals surface area contributed by atoms with Crippen LogP contribution in [0.1, 0.15) is 33.6 Å². The summed E-state index contributed by atoms with van der Waals surface area (Å²) in [5, 5.41) is 1.15. The monoisotopic (exact) mass is 318 g/mol. The minimum atomic E-state index is -0.547. The van der Waals surface area contributed by atoms with Crippen LogP contribution >= 0.6 is 27.5 Å². The molecule has 0 saturated heterocycles. The molecule has 0 spiro atoms. The molecule has 0 aliphatic rings. The molecule has 0 fully saturated rings. The second kappa shape index (κ2) is 6.77. The molecule has 0 saturated carbocycles. The van der Waals surface area contributed by atoms with Gasteiger partial charge in [-0.2, -0.15) is 0 Å². The molecule has 1 rings (SSSR count). The van der Waals surface area contributed by atoms with Gasteiger partial charge in [0, 0.05) is 22.3 Å². The third kappa shape index (κ3) is 3.82. The van der Waals surface area contributed by atoms with E-state index in [0.29, 0.717) is 17.0 Å². The van der Waals surface area contributed by atoms with Gasteiger partial charge in [0.2, 0.25) is 0 Å². The lowest BCUT2D eigenvalue weighted by atomic mass is 10.0. The van der Waals surface area contributed by atoms with Crippen molar-refractivity contribution in [3.05, 3.63) is 34.3 Å². The summed E-state index contributed by atoms with van der Waals surface area (Å²) in [5.74, 6) is -0.629. The summed E-state index contributed by atoms with van der Waals surface area (Å²) in [5.41, 5.74) is 0.585. The second-order valence-electron chi connectivity index (χ2n) is 3.40. The summed E-state index contributed by atoms with van der Waals surface area (Å²) < 4.78 is 4.63. The molecule has 0 aliphatic carbocycles. The topological polar surface area (TPSA) is 43.4 Å². The first-order valence-corrected chi connectivity index (χ1v) is 6.57. The number of hydrogen-bond donors (Lipinski definition) is 0. The molecular formula is C12H12BrClO3. The van der Waals surface area contributed by atoms with Crippen LogP contribution in [0.2, 0.25) is 5.02 Å².